The summed E-state index contributed by atoms with van der Waals surface area (Å²) in [7, 11) is 1.36. The third kappa shape index (κ3) is 4.72. The predicted octanol–water partition coefficient (Wildman–Crippen LogP) is 3.14. The van der Waals surface area contributed by atoms with Gasteiger partial charge in [-0.05, 0) is 49.7 Å². The minimum absolute atomic E-state index is 0.355. The third-order valence-electron chi connectivity index (χ3n) is 4.51. The number of nitriles is 1. The van der Waals surface area contributed by atoms with E-state index in [1.807, 2.05) is 19.9 Å². The summed E-state index contributed by atoms with van der Waals surface area (Å²) in [4.78, 5) is 14.3. The Morgan fingerprint density at radius 1 is 1.29 bits per heavy atom. The molecule has 2 rings (SSSR count). The second-order valence-electron chi connectivity index (χ2n) is 6.85. The highest BCUT2D eigenvalue weighted by Gasteiger charge is 2.23. The highest BCUT2D eigenvalue weighted by Crippen LogP contribution is 2.31. The van der Waals surface area contributed by atoms with Crippen molar-refractivity contribution in [2.24, 2.45) is 0 Å². The van der Waals surface area contributed by atoms with Gasteiger partial charge < -0.3 is 9.47 Å². The fourth-order valence-electron chi connectivity index (χ4n) is 2.91. The summed E-state index contributed by atoms with van der Waals surface area (Å²) in [5.41, 5.74) is 1.01. The van der Waals surface area contributed by atoms with Crippen LogP contribution >= 0.6 is 0 Å². The molecule has 1 aliphatic rings. The van der Waals surface area contributed by atoms with Crippen molar-refractivity contribution in [1.29, 1.82) is 5.26 Å². The van der Waals surface area contributed by atoms with Crippen LogP contribution in [0.2, 0.25) is 0 Å². The summed E-state index contributed by atoms with van der Waals surface area (Å²) in [5, 5.41) is 9.04. The molecule has 1 heterocycles. The van der Waals surface area contributed by atoms with Crippen molar-refractivity contribution >= 4 is 5.97 Å². The molecule has 0 aliphatic carbocycles. The zero-order valence-corrected chi connectivity index (χ0v) is 14.8. The van der Waals surface area contributed by atoms with E-state index in [1.54, 1.807) is 12.1 Å². The van der Waals surface area contributed by atoms with Gasteiger partial charge >= 0.3 is 5.97 Å². The molecule has 1 aromatic rings. The number of esters is 1. The summed E-state index contributed by atoms with van der Waals surface area (Å²) < 4.78 is 10.7. The maximum absolute atomic E-state index is 11.9. The van der Waals surface area contributed by atoms with Gasteiger partial charge in [-0.15, -0.1) is 0 Å². The van der Waals surface area contributed by atoms with Crippen molar-refractivity contribution < 1.29 is 14.3 Å². The van der Waals surface area contributed by atoms with Crippen molar-refractivity contribution in [3.8, 4) is 11.8 Å². The summed E-state index contributed by atoms with van der Waals surface area (Å²) in [6.07, 6.45) is 2.87. The minimum atomic E-state index is -0.394. The monoisotopic (exact) mass is 330 g/mol. The number of methoxy groups -OCH3 is 1. The number of benzene rings is 1. The highest BCUT2D eigenvalue weighted by atomic mass is 16.5. The van der Waals surface area contributed by atoms with Crippen LogP contribution in [-0.4, -0.2) is 44.2 Å². The maximum Gasteiger partial charge on any atom is 0.337 e. The second-order valence-corrected chi connectivity index (χ2v) is 6.85. The lowest BCUT2D eigenvalue weighted by atomic mass is 9.81. The van der Waals surface area contributed by atoms with E-state index in [0.717, 1.165) is 25.2 Å². The van der Waals surface area contributed by atoms with Crippen LogP contribution < -0.4 is 4.74 Å². The average molecular weight is 330 g/mol. The number of hydrogen-bond acceptors (Lipinski definition) is 5. The standard InChI is InChI=1S/C19H26N2O3/c1-19(2,6-7-20)16-12-15(18(22)23-3)13-17(14-16)24-11-10-21-8-4-5-9-21/h12-14H,4-6,8-11H2,1-3H3. The van der Waals surface area contributed by atoms with E-state index in [-0.39, 0.29) is 5.41 Å². The van der Waals surface area contributed by atoms with Crippen LogP contribution in [-0.2, 0) is 10.2 Å². The molecule has 0 bridgehead atoms. The molecule has 5 nitrogen and oxygen atoms in total. The van der Waals surface area contributed by atoms with Crippen molar-refractivity contribution in [2.45, 2.75) is 38.5 Å². The number of nitrogens with zero attached hydrogens (tertiary/aromatic N) is 2. The smallest absolute Gasteiger partial charge is 0.337 e. The van der Waals surface area contributed by atoms with Gasteiger partial charge in [0.1, 0.15) is 12.4 Å². The van der Waals surface area contributed by atoms with Crippen molar-refractivity contribution in [2.75, 3.05) is 33.4 Å². The Morgan fingerprint density at radius 2 is 2.00 bits per heavy atom. The molecule has 0 aromatic heterocycles. The Kier molecular flexibility index (Phi) is 6.22. The van der Waals surface area contributed by atoms with Crippen molar-refractivity contribution in [1.82, 2.24) is 4.90 Å². The van der Waals surface area contributed by atoms with E-state index in [4.69, 9.17) is 14.7 Å². The molecule has 0 atom stereocenters. The minimum Gasteiger partial charge on any atom is -0.492 e. The first-order chi connectivity index (χ1) is 11.5. The van der Waals surface area contributed by atoms with Crippen molar-refractivity contribution in [3.63, 3.8) is 0 Å². The molecule has 0 spiro atoms. The van der Waals surface area contributed by atoms with Gasteiger partial charge in [0.2, 0.25) is 0 Å². The Morgan fingerprint density at radius 3 is 2.62 bits per heavy atom. The van der Waals surface area contributed by atoms with Crippen LogP contribution in [0.15, 0.2) is 18.2 Å². The quantitative estimate of drug-likeness (QED) is 0.719. The van der Waals surface area contributed by atoms with Gasteiger partial charge in [-0.1, -0.05) is 13.8 Å². The number of ether oxygens (including phenoxy) is 2. The van der Waals surface area contributed by atoms with Crippen LogP contribution in [0.3, 0.4) is 0 Å². The topological polar surface area (TPSA) is 62.6 Å². The summed E-state index contributed by atoms with van der Waals surface area (Å²) in [5.74, 6) is 0.257. The molecule has 1 aliphatic heterocycles. The molecule has 5 heteroatoms. The molecular formula is C19H26N2O3. The summed E-state index contributed by atoms with van der Waals surface area (Å²) in [6, 6.07) is 7.63. The van der Waals surface area contributed by atoms with Gasteiger partial charge in [0.25, 0.3) is 0 Å². The molecule has 0 amide bonds. The van der Waals surface area contributed by atoms with Crippen LogP contribution in [0.1, 0.15) is 49.0 Å². The van der Waals surface area contributed by atoms with Gasteiger partial charge in [-0.2, -0.15) is 5.26 Å². The average Bonchev–Trinajstić information content (AvgIpc) is 3.07. The van der Waals surface area contributed by atoms with Gasteiger partial charge in [-0.3, -0.25) is 4.90 Å². The zero-order valence-electron chi connectivity index (χ0n) is 14.8. The van der Waals surface area contributed by atoms with Crippen LogP contribution in [0, 0.1) is 11.3 Å². The van der Waals surface area contributed by atoms with Gasteiger partial charge in [0.15, 0.2) is 0 Å². The SMILES string of the molecule is COC(=O)c1cc(OCCN2CCCC2)cc(C(C)(C)CC#N)c1. The lowest BCUT2D eigenvalue weighted by Crippen LogP contribution is -2.25. The molecule has 1 saturated heterocycles. The summed E-state index contributed by atoms with van der Waals surface area (Å²) in [6.45, 7) is 7.71. The first kappa shape index (κ1) is 18.3. The zero-order chi connectivity index (χ0) is 17.6. The van der Waals surface area contributed by atoms with Crippen molar-refractivity contribution in [3.05, 3.63) is 29.3 Å². The predicted molar refractivity (Wildman–Crippen MR) is 92.2 cm³/mol. The van der Waals surface area contributed by atoms with E-state index in [9.17, 15) is 4.79 Å². The Hall–Kier alpha value is -2.06. The van der Waals surface area contributed by atoms with E-state index in [2.05, 4.69) is 11.0 Å². The van der Waals surface area contributed by atoms with E-state index >= 15 is 0 Å². The normalized spacial score (nSPS) is 15.1. The number of hydrogen-bond donors (Lipinski definition) is 0. The molecule has 0 saturated carbocycles. The van der Waals surface area contributed by atoms with E-state index < -0.39 is 5.97 Å². The number of carbonyl (C=O) groups is 1. The molecule has 130 valence electrons. The largest absolute Gasteiger partial charge is 0.492 e. The summed E-state index contributed by atoms with van der Waals surface area (Å²) >= 11 is 0. The molecule has 0 unspecified atom stereocenters. The highest BCUT2D eigenvalue weighted by molar-refractivity contribution is 5.90. The number of carbonyl (C=O) groups excluding carboxylic acids is 1. The lowest BCUT2D eigenvalue weighted by molar-refractivity contribution is 0.0600. The molecule has 1 aromatic carbocycles. The number of likely N-dealkylation sites (tertiary alicyclic amines) is 1. The molecular weight excluding hydrogens is 304 g/mol. The molecule has 1 fully saturated rings. The fraction of sp³-hybridized carbons (Fsp3) is 0.579. The Bertz CT molecular complexity index is 614. The number of rotatable bonds is 7. The van der Waals surface area contributed by atoms with Crippen LogP contribution in [0.25, 0.3) is 0 Å². The van der Waals surface area contributed by atoms with Crippen LogP contribution in [0.4, 0.5) is 0 Å². The van der Waals surface area contributed by atoms with E-state index in [1.165, 1.54) is 20.0 Å². The lowest BCUT2D eigenvalue weighted by Gasteiger charge is -2.23. The molecule has 0 N–H and O–H groups in total. The molecule has 24 heavy (non-hydrogen) atoms. The molecule has 0 radical (unpaired) electrons. The van der Waals surface area contributed by atoms with Gasteiger partial charge in [-0.25, -0.2) is 4.79 Å². The van der Waals surface area contributed by atoms with E-state index in [0.29, 0.717) is 24.3 Å². The maximum atomic E-state index is 11.9. The first-order valence-corrected chi connectivity index (χ1v) is 8.42. The fourth-order valence-corrected chi connectivity index (χ4v) is 2.91. The third-order valence-corrected chi connectivity index (χ3v) is 4.51. The first-order valence-electron chi connectivity index (χ1n) is 8.42. The Balaban J connectivity index is 2.16. The second kappa shape index (κ2) is 8.16. The Labute approximate surface area is 144 Å². The van der Waals surface area contributed by atoms with Crippen LogP contribution in [0.5, 0.6) is 5.75 Å². The van der Waals surface area contributed by atoms with Gasteiger partial charge in [0, 0.05) is 18.4 Å². The van der Waals surface area contributed by atoms with Gasteiger partial charge in [0.05, 0.1) is 18.7 Å².